The van der Waals surface area contributed by atoms with Crippen LogP contribution in [0, 0.1) is 10.8 Å². The van der Waals surface area contributed by atoms with Crippen LogP contribution in [0.15, 0.2) is 27.6 Å². The van der Waals surface area contributed by atoms with Gasteiger partial charge >= 0.3 is 46.9 Å². The third-order valence-corrected chi connectivity index (χ3v) is 21.8. The van der Waals surface area contributed by atoms with E-state index in [1.807, 2.05) is 0 Å². The number of Topliss-reactive ketones (excluding diaryl/α,β-unsaturated/α-hetero) is 2. The molecular weight excluding hydrogens is 1580 g/mol. The van der Waals surface area contributed by atoms with Gasteiger partial charge in [0, 0.05) is 68.3 Å². The number of ether oxygens (including phenoxy) is 2. The van der Waals surface area contributed by atoms with Crippen LogP contribution in [0.5, 0.6) is 0 Å². The number of nitrogens with two attached hydrogens (primary N) is 2. The van der Waals surface area contributed by atoms with E-state index in [4.69, 9.17) is 39.0 Å². The molecular formula is C48H80N14O35P6S2. The summed E-state index contributed by atoms with van der Waals surface area (Å²) in [6, 6.07) is 0. The normalized spacial score (nSPS) is 25.0. The van der Waals surface area contributed by atoms with Gasteiger partial charge in [-0.15, -0.1) is 0 Å². The molecule has 5 unspecified atom stereocenters. The van der Waals surface area contributed by atoms with E-state index >= 15 is 0 Å². The molecule has 0 aromatic carbocycles. The number of rotatable bonds is 40. The molecule has 4 aliphatic heterocycles. The summed E-state index contributed by atoms with van der Waals surface area (Å²) >= 11 is 4.97. The van der Waals surface area contributed by atoms with Crippen molar-refractivity contribution < 1.29 is 166 Å². The summed E-state index contributed by atoms with van der Waals surface area (Å²) < 4.78 is 123. The number of hydrogen-bond donors (Lipinski definition) is 19. The minimum absolute atomic E-state index is 0.0310. The number of fused-ring (bicyclic) bond motifs is 2. The SMILES string of the molecule is CC(=O)CC(=O)C12N=CN=C(N)C1=NCN2[C@@H]1O[C@H](COP(=O)(O)OP(=O)(O)OCC(C)(C)[C@@H](O)C(=O)NCCC(=O)NCCS)[C@@H](OP(=O)(O)O)[C@H]1O.CC(=O)SCCNC(=O)CCNC(=O)[C@H](O)C(C)(C)COP(=O)(O)OP(=O)(O)OC[C@H]1O[C@@H](n2cnc3c(N)ncnc32)[C@H](O)[C@@H]1OP(=O)(O)O. The van der Waals surface area contributed by atoms with Gasteiger partial charge in [0.25, 0.3) is 0 Å². The Kier molecular flexibility index (Phi) is 32.7. The third kappa shape index (κ3) is 26.7. The molecule has 6 heterocycles. The number of anilines is 1. The number of thioether (sulfide) groups is 1. The van der Waals surface area contributed by atoms with Gasteiger partial charge in [0.05, 0.1) is 45.8 Å². The van der Waals surface area contributed by atoms with Crippen molar-refractivity contribution >= 4 is 147 Å². The average molecular weight is 1660 g/mol. The van der Waals surface area contributed by atoms with Crippen LogP contribution in [0.3, 0.4) is 0 Å². The number of aromatic nitrogens is 4. The number of aliphatic hydroxyl groups is 4. The minimum Gasteiger partial charge on any atom is -0.386 e. The summed E-state index contributed by atoms with van der Waals surface area (Å²) in [5, 5.41) is 52.5. The van der Waals surface area contributed by atoms with Crippen molar-refractivity contribution in [3.05, 3.63) is 12.7 Å². The standard InChI is InChI=1S/C25H42N7O18P3S.C23H38N7O17P3S/c1-13(33)8-15(34)25-19(21(26)29-11-31-25)30-12-32(25)23-17(36)18(49-51(39,40)41)14(48-23)9-46-52(42,43)50-53(44,45)47-10-24(2,3)20(37)22(38)28-5-4-16(35)27-6-7-54;1-12(31)51-7-6-25-14(32)4-5-26-21(35)18(34)23(2,3)9-44-50(41,42)47-49(39,40)43-8-13-17(46-48(36,37)38)16(33)22(45-13)30-11-29-15-19(24)27-10-28-20(15)30/h11,14,17-18,20,23,36-37,54H,4-10,12H2,1-3H3,(H,27,35)(H,28,38)(H,42,43)(H,44,45)(H2,26,29,31)(H2,39,40,41);10-11,13,16-18,22,33-34H,4-9H2,1-3H3,(H,25,32)(H,26,35)(H,39,40)(H,41,42)(H2,24,27,28)(H2,36,37,38)/t14-,17-,18-,20+,23-,25?;13-,16-,17-,18+,22-/m11/s1. The Labute approximate surface area is 604 Å². The molecule has 2 fully saturated rings. The molecule has 57 heteroatoms. The van der Waals surface area contributed by atoms with E-state index in [2.05, 4.69) is 81.5 Å². The van der Waals surface area contributed by atoms with E-state index in [1.54, 1.807) is 0 Å². The monoisotopic (exact) mass is 1660 g/mol. The predicted octanol–water partition coefficient (Wildman–Crippen LogP) is -4.22. The number of phosphoric acid groups is 6. The molecule has 4 aliphatic rings. The summed E-state index contributed by atoms with van der Waals surface area (Å²) in [6.45, 7) is 2.96. The second kappa shape index (κ2) is 37.8. The quantitative estimate of drug-likeness (QED) is 0.0130. The van der Waals surface area contributed by atoms with Crippen LogP contribution < -0.4 is 32.7 Å². The number of ketones is 2. The van der Waals surface area contributed by atoms with E-state index in [9.17, 15) is 121 Å². The van der Waals surface area contributed by atoms with E-state index in [1.165, 1.54) is 34.6 Å². The van der Waals surface area contributed by atoms with Crippen LogP contribution in [0.25, 0.3) is 11.2 Å². The Hall–Kier alpha value is -4.79. The fraction of sp³-hybridized carbons (Fsp3) is 0.688. The molecule has 0 saturated carbocycles. The maximum Gasteiger partial charge on any atom is 0.481 e. The van der Waals surface area contributed by atoms with Crippen molar-refractivity contribution in [3.8, 4) is 0 Å². The molecule has 0 bridgehead atoms. The lowest BCUT2D eigenvalue weighted by Crippen LogP contribution is -2.64. The van der Waals surface area contributed by atoms with E-state index < -0.39 is 199 Å². The minimum atomic E-state index is -5.66. The van der Waals surface area contributed by atoms with Gasteiger partial charge in [0.15, 0.2) is 34.4 Å². The molecule has 0 radical (unpaired) electrons. The number of imidazole rings is 1. The maximum absolute atomic E-state index is 13.4. The molecule has 0 spiro atoms. The first-order chi connectivity index (χ1) is 48.4. The van der Waals surface area contributed by atoms with Crippen molar-refractivity contribution in [1.82, 2.24) is 45.7 Å². The number of nitrogens with zero attached hydrogens (tertiary/aromatic N) is 8. The molecule has 594 valence electrons. The lowest BCUT2D eigenvalue weighted by atomic mass is 9.87. The fourth-order valence-corrected chi connectivity index (χ4v) is 15.8. The van der Waals surface area contributed by atoms with E-state index in [0.717, 1.165) is 47.1 Å². The van der Waals surface area contributed by atoms with E-state index in [0.29, 0.717) is 18.1 Å². The zero-order valence-corrected chi connectivity index (χ0v) is 63.0. The summed E-state index contributed by atoms with van der Waals surface area (Å²) in [6.07, 6.45) is -16.6. The number of carbonyl (C=O) groups excluding carboxylic acids is 7. The molecule has 20 N–H and O–H groups in total. The van der Waals surface area contributed by atoms with Crippen molar-refractivity contribution in [1.29, 1.82) is 0 Å². The number of amidine groups is 1. The van der Waals surface area contributed by atoms with Crippen molar-refractivity contribution in [2.45, 2.75) is 128 Å². The number of aliphatic imine (C=N–C) groups is 3. The number of thiol groups is 1. The number of amides is 4. The molecule has 2 saturated heterocycles. The second-order valence-corrected chi connectivity index (χ2v) is 34.2. The van der Waals surface area contributed by atoms with Crippen LogP contribution >= 0.6 is 71.3 Å². The fourth-order valence-electron chi connectivity index (χ4n) is 9.54. The highest BCUT2D eigenvalue weighted by molar-refractivity contribution is 8.13. The lowest BCUT2D eigenvalue weighted by Gasteiger charge is -2.39. The van der Waals surface area contributed by atoms with E-state index in [-0.39, 0.29) is 66.1 Å². The van der Waals surface area contributed by atoms with Gasteiger partial charge in [-0.25, -0.2) is 57.2 Å². The number of nitrogen functional groups attached to an aromatic ring is 1. The summed E-state index contributed by atoms with van der Waals surface area (Å²) in [5.41, 5.74) is 6.11. The van der Waals surface area contributed by atoms with Crippen LogP contribution in [0.1, 0.15) is 67.0 Å². The number of carbonyl (C=O) groups is 7. The van der Waals surface area contributed by atoms with Crippen LogP contribution in [0.2, 0.25) is 0 Å². The number of phosphoric ester groups is 6. The first-order valence-electron chi connectivity index (χ1n) is 30.2. The number of aliphatic hydroxyl groups excluding tert-OH is 4. The molecule has 0 aliphatic carbocycles. The Balaban J connectivity index is 0.000000378. The molecule has 2 aromatic heterocycles. The molecule has 105 heavy (non-hydrogen) atoms. The summed E-state index contributed by atoms with van der Waals surface area (Å²) in [4.78, 5) is 188. The first-order valence-corrected chi connectivity index (χ1v) is 40.8. The van der Waals surface area contributed by atoms with Gasteiger partial charge in [-0.1, -0.05) is 39.5 Å². The topological polar surface area (TPSA) is 741 Å². The first kappa shape index (κ1) is 90.8. The Morgan fingerprint density at radius 3 is 1.62 bits per heavy atom. The number of hydrogen-bond acceptors (Lipinski definition) is 38. The average Bonchev–Trinajstić information content (AvgIpc) is 1.58. The van der Waals surface area contributed by atoms with Crippen molar-refractivity contribution in [2.75, 3.05) is 76.5 Å². The van der Waals surface area contributed by atoms with Crippen LogP contribution in [0.4, 0.5) is 5.82 Å². The highest BCUT2D eigenvalue weighted by Crippen LogP contribution is 2.63. The van der Waals surface area contributed by atoms with Crippen LogP contribution in [-0.2, 0) is 106 Å². The summed E-state index contributed by atoms with van der Waals surface area (Å²) in [5.74, 6) is -3.82. The van der Waals surface area contributed by atoms with Crippen LogP contribution in [-0.4, -0.2) is 274 Å². The number of nitrogens with one attached hydrogen (secondary N) is 4. The summed E-state index contributed by atoms with van der Waals surface area (Å²) in [7, 11) is -33.0. The Bertz CT molecular complexity index is 3890. The Morgan fingerprint density at radius 2 is 1.15 bits per heavy atom. The van der Waals surface area contributed by atoms with Crippen molar-refractivity contribution in [2.24, 2.45) is 31.5 Å². The smallest absolute Gasteiger partial charge is 0.386 e. The zero-order valence-electron chi connectivity index (χ0n) is 55.9. The van der Waals surface area contributed by atoms with Gasteiger partial charge in [-0.2, -0.15) is 21.3 Å². The van der Waals surface area contributed by atoms with Gasteiger partial charge < -0.3 is 102 Å². The maximum atomic E-state index is 13.4. The third-order valence-electron chi connectivity index (χ3n) is 14.6. The van der Waals surface area contributed by atoms with Crippen molar-refractivity contribution in [3.63, 3.8) is 0 Å². The highest BCUT2D eigenvalue weighted by Gasteiger charge is 2.62. The van der Waals surface area contributed by atoms with Gasteiger partial charge in [-0.05, 0) is 6.92 Å². The molecule has 2 aromatic rings. The lowest BCUT2D eigenvalue weighted by molar-refractivity contribution is -0.145. The largest absolute Gasteiger partial charge is 0.481 e. The molecule has 6 rings (SSSR count). The molecule has 4 amide bonds. The highest BCUT2D eigenvalue weighted by atomic mass is 32.2. The zero-order chi connectivity index (χ0) is 79.2. The molecule has 15 atom stereocenters. The van der Waals surface area contributed by atoms with Gasteiger partial charge in [0.2, 0.25) is 29.3 Å². The Morgan fingerprint density at radius 1 is 0.686 bits per heavy atom. The predicted molar refractivity (Wildman–Crippen MR) is 359 cm³/mol. The molecule has 49 nitrogen and oxygen atoms in total. The second-order valence-electron chi connectivity index (χ2n) is 24.0. The van der Waals surface area contributed by atoms with Gasteiger partial charge in [0.1, 0.15) is 84.7 Å². The van der Waals surface area contributed by atoms with Gasteiger partial charge in [-0.3, -0.25) is 70.3 Å².